The first-order chi connectivity index (χ1) is 18.9. The van der Waals surface area contributed by atoms with Crippen LogP contribution in [-0.2, 0) is 17.8 Å². The number of nitro groups is 1. The van der Waals surface area contributed by atoms with E-state index in [0.29, 0.717) is 23.1 Å². The molecule has 39 heavy (non-hydrogen) atoms. The van der Waals surface area contributed by atoms with Gasteiger partial charge < -0.3 is 10.2 Å². The van der Waals surface area contributed by atoms with Crippen molar-refractivity contribution in [2.24, 2.45) is 0 Å². The molecule has 0 radical (unpaired) electrons. The number of anilines is 1. The van der Waals surface area contributed by atoms with Crippen LogP contribution in [0.4, 0.5) is 11.4 Å². The van der Waals surface area contributed by atoms with Crippen LogP contribution in [-0.4, -0.2) is 43.8 Å². The average Bonchev–Trinajstić information content (AvgIpc) is 3.37. The van der Waals surface area contributed by atoms with Gasteiger partial charge in [-0.2, -0.15) is 0 Å². The summed E-state index contributed by atoms with van der Waals surface area (Å²) in [6, 6.07) is 21.2. The van der Waals surface area contributed by atoms with Crippen molar-refractivity contribution < 1.29 is 14.5 Å². The predicted octanol–water partition coefficient (Wildman–Crippen LogP) is 4.49. The molecule has 4 aromatic rings. The van der Waals surface area contributed by atoms with Gasteiger partial charge in [-0.25, -0.2) is 0 Å². The fourth-order valence-electron chi connectivity index (χ4n) is 4.53. The molecular weight excluding hydrogens is 516 g/mol. The molecule has 0 bridgehead atoms. The smallest absolute Gasteiger partial charge is 0.269 e. The summed E-state index contributed by atoms with van der Waals surface area (Å²) in [5, 5.41) is 22.9. The summed E-state index contributed by atoms with van der Waals surface area (Å²) in [6.45, 7) is 2.74. The minimum Gasteiger partial charge on any atom is -0.345 e. The first-order valence-electron chi connectivity index (χ1n) is 12.5. The van der Waals surface area contributed by atoms with Crippen molar-refractivity contribution in [3.8, 4) is 5.69 Å². The summed E-state index contributed by atoms with van der Waals surface area (Å²) in [6.07, 6.45) is 1.88. The second-order valence-corrected chi connectivity index (χ2v) is 10.1. The zero-order valence-corrected chi connectivity index (χ0v) is 22.1. The van der Waals surface area contributed by atoms with Gasteiger partial charge in [-0.3, -0.25) is 24.3 Å². The van der Waals surface area contributed by atoms with E-state index in [1.807, 2.05) is 58.9 Å². The molecular formula is C28H26N6O4S. The molecule has 0 unspecified atom stereocenters. The first kappa shape index (κ1) is 26.1. The highest BCUT2D eigenvalue weighted by Gasteiger charge is 2.24. The lowest BCUT2D eigenvalue weighted by molar-refractivity contribution is -0.384. The van der Waals surface area contributed by atoms with E-state index in [0.717, 1.165) is 29.8 Å². The summed E-state index contributed by atoms with van der Waals surface area (Å²) in [5.41, 5.74) is 4.20. The molecule has 0 saturated carbocycles. The lowest BCUT2D eigenvalue weighted by Crippen LogP contribution is -2.36. The summed E-state index contributed by atoms with van der Waals surface area (Å²) >= 11 is 1.30. The van der Waals surface area contributed by atoms with Crippen LogP contribution in [0.25, 0.3) is 5.69 Å². The van der Waals surface area contributed by atoms with Crippen LogP contribution in [0, 0.1) is 17.0 Å². The maximum atomic E-state index is 13.2. The Morgan fingerprint density at radius 1 is 1.05 bits per heavy atom. The van der Waals surface area contributed by atoms with Crippen LogP contribution < -0.4 is 10.2 Å². The van der Waals surface area contributed by atoms with E-state index in [4.69, 9.17) is 0 Å². The minimum atomic E-state index is -0.514. The number of nitrogens with zero attached hydrogens (tertiary/aromatic N) is 5. The fraction of sp³-hybridized carbons (Fsp3) is 0.214. The number of nitro benzene ring substituents is 1. The van der Waals surface area contributed by atoms with Gasteiger partial charge in [0.2, 0.25) is 5.91 Å². The molecule has 0 fully saturated rings. The van der Waals surface area contributed by atoms with Gasteiger partial charge in [-0.1, -0.05) is 42.1 Å². The monoisotopic (exact) mass is 542 g/mol. The molecule has 5 rings (SSSR count). The Labute approximate surface area is 229 Å². The number of benzene rings is 3. The summed E-state index contributed by atoms with van der Waals surface area (Å²) in [7, 11) is 0. The van der Waals surface area contributed by atoms with Crippen molar-refractivity contribution in [1.29, 1.82) is 0 Å². The number of nitrogens with one attached hydrogen (secondary N) is 1. The third kappa shape index (κ3) is 5.83. The van der Waals surface area contributed by atoms with Gasteiger partial charge in [0.05, 0.1) is 17.2 Å². The fourth-order valence-corrected chi connectivity index (χ4v) is 5.37. The Hall–Kier alpha value is -4.51. The molecule has 1 aromatic heterocycles. The number of non-ortho nitro benzene ring substituents is 1. The summed E-state index contributed by atoms with van der Waals surface area (Å²) in [5.74, 6) is 0.290. The van der Waals surface area contributed by atoms with Crippen molar-refractivity contribution >= 4 is 35.0 Å². The van der Waals surface area contributed by atoms with Crippen LogP contribution in [0.5, 0.6) is 0 Å². The van der Waals surface area contributed by atoms with E-state index in [1.54, 1.807) is 0 Å². The number of aromatic nitrogens is 3. The van der Waals surface area contributed by atoms with Crippen LogP contribution in [0.3, 0.4) is 0 Å². The maximum absolute atomic E-state index is 13.2. The number of hydrogen-bond acceptors (Lipinski definition) is 7. The van der Waals surface area contributed by atoms with Gasteiger partial charge in [0, 0.05) is 35.6 Å². The number of hydrogen-bond donors (Lipinski definition) is 1. The Morgan fingerprint density at radius 2 is 1.85 bits per heavy atom. The van der Waals surface area contributed by atoms with Crippen molar-refractivity contribution in [1.82, 2.24) is 20.1 Å². The van der Waals surface area contributed by atoms with Gasteiger partial charge in [0.25, 0.3) is 11.6 Å². The van der Waals surface area contributed by atoms with Crippen LogP contribution in [0.2, 0.25) is 0 Å². The molecule has 2 amide bonds. The molecule has 11 heteroatoms. The van der Waals surface area contributed by atoms with Crippen molar-refractivity contribution in [3.63, 3.8) is 0 Å². The highest BCUT2D eigenvalue weighted by atomic mass is 32.2. The zero-order valence-electron chi connectivity index (χ0n) is 21.2. The Bertz CT molecular complexity index is 1540. The highest BCUT2D eigenvalue weighted by molar-refractivity contribution is 7.99. The molecule has 0 atom stereocenters. The van der Waals surface area contributed by atoms with Crippen LogP contribution in [0.15, 0.2) is 78.0 Å². The summed E-state index contributed by atoms with van der Waals surface area (Å²) < 4.78 is 1.84. The second kappa shape index (κ2) is 11.5. The number of amides is 2. The number of carbonyl (C=O) groups excluding carboxylic acids is 2. The molecule has 0 aliphatic carbocycles. The van der Waals surface area contributed by atoms with E-state index < -0.39 is 10.8 Å². The number of aryl methyl sites for hydroxylation is 2. The molecule has 1 aliphatic heterocycles. The minimum absolute atomic E-state index is 0.000957. The van der Waals surface area contributed by atoms with E-state index in [9.17, 15) is 19.7 Å². The van der Waals surface area contributed by atoms with Crippen molar-refractivity contribution in [2.45, 2.75) is 31.5 Å². The predicted molar refractivity (Wildman–Crippen MR) is 148 cm³/mol. The Kier molecular flexibility index (Phi) is 7.69. The van der Waals surface area contributed by atoms with E-state index in [1.165, 1.54) is 41.6 Å². The van der Waals surface area contributed by atoms with Gasteiger partial charge in [0.15, 0.2) is 11.0 Å². The molecule has 3 aromatic carbocycles. The van der Waals surface area contributed by atoms with Gasteiger partial charge in [-0.05, 0) is 61.2 Å². The number of rotatable bonds is 8. The number of thioether (sulfide) groups is 1. The topological polar surface area (TPSA) is 123 Å². The van der Waals surface area contributed by atoms with Crippen molar-refractivity contribution in [2.75, 3.05) is 17.2 Å². The normalized spacial score (nSPS) is 12.6. The molecule has 2 heterocycles. The molecule has 10 nitrogen and oxygen atoms in total. The first-order valence-corrected chi connectivity index (χ1v) is 13.4. The lowest BCUT2D eigenvalue weighted by atomic mass is 10.0. The Balaban J connectivity index is 1.34. The zero-order chi connectivity index (χ0) is 27.4. The van der Waals surface area contributed by atoms with E-state index >= 15 is 0 Å². The molecule has 0 saturated heterocycles. The quantitative estimate of drug-likeness (QED) is 0.198. The standard InChI is InChI=1S/C28H26N6O4S/c1-19-6-4-9-23(16-19)33-25(17-29-27(36)21-11-13-22(14-12-21)34(37)38)30-31-28(33)39-18-26(35)32-15-5-8-20-7-2-3-10-24(20)32/h2-4,6-7,9-14,16H,5,8,15,17-18H2,1H3,(H,29,36). The number of fused-ring (bicyclic) bond motifs is 1. The summed E-state index contributed by atoms with van der Waals surface area (Å²) in [4.78, 5) is 38.2. The highest BCUT2D eigenvalue weighted by Crippen LogP contribution is 2.29. The number of carbonyl (C=O) groups is 2. The average molecular weight is 543 g/mol. The molecule has 198 valence electrons. The van der Waals surface area contributed by atoms with Gasteiger partial charge >= 0.3 is 0 Å². The lowest BCUT2D eigenvalue weighted by Gasteiger charge is -2.29. The van der Waals surface area contributed by atoms with Gasteiger partial charge in [0.1, 0.15) is 0 Å². The third-order valence-corrected chi connectivity index (χ3v) is 7.36. The maximum Gasteiger partial charge on any atom is 0.269 e. The molecule has 0 spiro atoms. The number of para-hydroxylation sites is 1. The van der Waals surface area contributed by atoms with Gasteiger partial charge in [-0.15, -0.1) is 10.2 Å². The molecule has 1 aliphatic rings. The second-order valence-electron chi connectivity index (χ2n) is 9.13. The molecule has 1 N–H and O–H groups in total. The van der Waals surface area contributed by atoms with Crippen molar-refractivity contribution in [3.05, 3.63) is 105 Å². The van der Waals surface area contributed by atoms with Crippen LogP contribution in [0.1, 0.15) is 33.7 Å². The SMILES string of the molecule is Cc1cccc(-n2c(CNC(=O)c3ccc([N+](=O)[O-])cc3)nnc2SCC(=O)N2CCCc3ccccc32)c1. The van der Waals surface area contributed by atoms with Crippen LogP contribution >= 0.6 is 11.8 Å². The Morgan fingerprint density at radius 3 is 2.62 bits per heavy atom. The van der Waals surface area contributed by atoms with E-state index in [2.05, 4.69) is 21.6 Å². The largest absolute Gasteiger partial charge is 0.345 e. The van der Waals surface area contributed by atoms with E-state index in [-0.39, 0.29) is 23.9 Å². The third-order valence-electron chi connectivity index (χ3n) is 6.44.